The summed E-state index contributed by atoms with van der Waals surface area (Å²) in [7, 11) is 1.69. The average Bonchev–Trinajstić information content (AvgIpc) is 2.76. The minimum absolute atomic E-state index is 0.390. The van der Waals surface area contributed by atoms with Crippen molar-refractivity contribution in [3.8, 4) is 11.5 Å². The summed E-state index contributed by atoms with van der Waals surface area (Å²) >= 11 is 0. The van der Waals surface area contributed by atoms with Crippen molar-refractivity contribution in [2.24, 2.45) is 5.92 Å². The fourth-order valence-electron chi connectivity index (χ4n) is 2.42. The predicted molar refractivity (Wildman–Crippen MR) is 68.7 cm³/mol. The van der Waals surface area contributed by atoms with Crippen LogP contribution in [-0.2, 0) is 0 Å². The molecule has 3 nitrogen and oxygen atoms in total. The summed E-state index contributed by atoms with van der Waals surface area (Å²) in [5.41, 5.74) is 1.22. The van der Waals surface area contributed by atoms with E-state index in [9.17, 15) is 0 Å². The topological polar surface area (TPSA) is 30.5 Å². The molecule has 3 heteroatoms. The van der Waals surface area contributed by atoms with Crippen molar-refractivity contribution in [1.82, 2.24) is 5.32 Å². The Bertz CT molecular complexity index is 378. The average molecular weight is 235 g/mol. The van der Waals surface area contributed by atoms with Crippen molar-refractivity contribution in [3.63, 3.8) is 0 Å². The van der Waals surface area contributed by atoms with Crippen molar-refractivity contribution in [2.45, 2.75) is 26.3 Å². The molecule has 0 spiro atoms. The standard InChI is InChI=1S/C14H21NO2/c1-4-17-14-11(6-5-7-13(14)16-3)12-8-10(2)9-15-12/h5-7,10,12,15H,4,8-9H2,1-3H3/t10-,12-/m0/s1. The van der Waals surface area contributed by atoms with Crippen LogP contribution in [0.2, 0.25) is 0 Å². The number of methoxy groups -OCH3 is 1. The minimum Gasteiger partial charge on any atom is -0.493 e. The molecule has 1 aliphatic rings. The molecule has 0 amide bonds. The van der Waals surface area contributed by atoms with Crippen LogP contribution in [0.1, 0.15) is 31.9 Å². The number of nitrogens with one attached hydrogen (secondary N) is 1. The second-order valence-corrected chi connectivity index (χ2v) is 4.61. The number of ether oxygens (including phenoxy) is 2. The van der Waals surface area contributed by atoms with Gasteiger partial charge in [0.05, 0.1) is 13.7 Å². The van der Waals surface area contributed by atoms with Gasteiger partial charge in [-0.15, -0.1) is 0 Å². The zero-order chi connectivity index (χ0) is 12.3. The van der Waals surface area contributed by atoms with Gasteiger partial charge in [0.2, 0.25) is 0 Å². The van der Waals surface area contributed by atoms with Crippen LogP contribution in [0.25, 0.3) is 0 Å². The highest BCUT2D eigenvalue weighted by atomic mass is 16.5. The number of hydrogen-bond acceptors (Lipinski definition) is 3. The molecule has 1 fully saturated rings. The highest BCUT2D eigenvalue weighted by Gasteiger charge is 2.25. The summed E-state index contributed by atoms with van der Waals surface area (Å²) in [5.74, 6) is 2.44. The van der Waals surface area contributed by atoms with Gasteiger partial charge in [0.15, 0.2) is 11.5 Å². The van der Waals surface area contributed by atoms with Crippen LogP contribution in [0.3, 0.4) is 0 Å². The molecule has 1 saturated heterocycles. The van der Waals surface area contributed by atoms with Crippen molar-refractivity contribution < 1.29 is 9.47 Å². The zero-order valence-electron chi connectivity index (χ0n) is 10.8. The van der Waals surface area contributed by atoms with Gasteiger partial charge in [-0.3, -0.25) is 0 Å². The lowest BCUT2D eigenvalue weighted by Crippen LogP contribution is -2.15. The number of benzene rings is 1. The van der Waals surface area contributed by atoms with E-state index in [1.807, 2.05) is 19.1 Å². The molecular weight excluding hydrogens is 214 g/mol. The van der Waals surface area contributed by atoms with Crippen LogP contribution in [-0.4, -0.2) is 20.3 Å². The number of para-hydroxylation sites is 1. The molecule has 17 heavy (non-hydrogen) atoms. The third kappa shape index (κ3) is 2.55. The molecule has 1 aromatic carbocycles. The van der Waals surface area contributed by atoms with E-state index in [4.69, 9.17) is 9.47 Å². The molecule has 1 aliphatic heterocycles. The fourth-order valence-corrected chi connectivity index (χ4v) is 2.42. The van der Waals surface area contributed by atoms with Crippen LogP contribution >= 0.6 is 0 Å². The maximum absolute atomic E-state index is 5.74. The first-order valence-electron chi connectivity index (χ1n) is 6.29. The lowest BCUT2D eigenvalue weighted by Gasteiger charge is -2.18. The van der Waals surface area contributed by atoms with E-state index >= 15 is 0 Å². The van der Waals surface area contributed by atoms with E-state index in [0.717, 1.165) is 30.4 Å². The highest BCUT2D eigenvalue weighted by molar-refractivity contribution is 5.48. The van der Waals surface area contributed by atoms with Crippen LogP contribution in [0.15, 0.2) is 18.2 Å². The Morgan fingerprint density at radius 2 is 2.24 bits per heavy atom. The Morgan fingerprint density at radius 1 is 1.41 bits per heavy atom. The summed E-state index contributed by atoms with van der Waals surface area (Å²) < 4.78 is 11.1. The van der Waals surface area contributed by atoms with Crippen molar-refractivity contribution in [2.75, 3.05) is 20.3 Å². The molecule has 0 saturated carbocycles. The normalized spacial score (nSPS) is 23.7. The Morgan fingerprint density at radius 3 is 2.82 bits per heavy atom. The molecule has 0 radical (unpaired) electrons. The van der Waals surface area contributed by atoms with Crippen LogP contribution in [0, 0.1) is 5.92 Å². The maximum atomic E-state index is 5.74. The van der Waals surface area contributed by atoms with E-state index in [1.165, 1.54) is 5.56 Å². The molecule has 1 heterocycles. The number of rotatable bonds is 4. The Kier molecular flexibility index (Phi) is 3.89. The summed E-state index contributed by atoms with van der Waals surface area (Å²) in [4.78, 5) is 0. The molecule has 94 valence electrons. The highest BCUT2D eigenvalue weighted by Crippen LogP contribution is 2.38. The zero-order valence-corrected chi connectivity index (χ0v) is 10.8. The second-order valence-electron chi connectivity index (χ2n) is 4.61. The van der Waals surface area contributed by atoms with E-state index in [2.05, 4.69) is 18.3 Å². The van der Waals surface area contributed by atoms with Gasteiger partial charge in [0.25, 0.3) is 0 Å². The van der Waals surface area contributed by atoms with E-state index in [0.29, 0.717) is 12.6 Å². The van der Waals surface area contributed by atoms with Gasteiger partial charge in [0.1, 0.15) is 0 Å². The summed E-state index contributed by atoms with van der Waals surface area (Å²) in [6.45, 7) is 6.01. The lowest BCUT2D eigenvalue weighted by molar-refractivity contribution is 0.304. The Balaban J connectivity index is 2.31. The summed E-state index contributed by atoms with van der Waals surface area (Å²) in [6.07, 6.45) is 1.16. The van der Waals surface area contributed by atoms with Gasteiger partial charge < -0.3 is 14.8 Å². The van der Waals surface area contributed by atoms with Crippen molar-refractivity contribution in [3.05, 3.63) is 23.8 Å². The van der Waals surface area contributed by atoms with Gasteiger partial charge in [-0.2, -0.15) is 0 Å². The molecule has 2 rings (SSSR count). The smallest absolute Gasteiger partial charge is 0.165 e. The largest absolute Gasteiger partial charge is 0.493 e. The Labute approximate surface area is 103 Å². The summed E-state index contributed by atoms with van der Waals surface area (Å²) in [6, 6.07) is 6.50. The molecule has 0 aromatic heterocycles. The van der Waals surface area contributed by atoms with Crippen LogP contribution in [0.4, 0.5) is 0 Å². The Hall–Kier alpha value is -1.22. The lowest BCUT2D eigenvalue weighted by atomic mass is 10.00. The second kappa shape index (κ2) is 5.41. The molecule has 0 unspecified atom stereocenters. The molecule has 0 bridgehead atoms. The minimum atomic E-state index is 0.390. The number of hydrogen-bond donors (Lipinski definition) is 1. The van der Waals surface area contributed by atoms with E-state index in [-0.39, 0.29) is 0 Å². The quantitative estimate of drug-likeness (QED) is 0.870. The van der Waals surface area contributed by atoms with E-state index in [1.54, 1.807) is 7.11 Å². The van der Waals surface area contributed by atoms with Crippen LogP contribution in [0.5, 0.6) is 11.5 Å². The predicted octanol–water partition coefficient (Wildman–Crippen LogP) is 2.76. The summed E-state index contributed by atoms with van der Waals surface area (Å²) in [5, 5.41) is 3.54. The van der Waals surface area contributed by atoms with Gasteiger partial charge in [-0.1, -0.05) is 19.1 Å². The maximum Gasteiger partial charge on any atom is 0.165 e. The van der Waals surface area contributed by atoms with Gasteiger partial charge in [-0.25, -0.2) is 0 Å². The van der Waals surface area contributed by atoms with Crippen molar-refractivity contribution in [1.29, 1.82) is 0 Å². The van der Waals surface area contributed by atoms with E-state index < -0.39 is 0 Å². The van der Waals surface area contributed by atoms with Crippen molar-refractivity contribution >= 4 is 0 Å². The monoisotopic (exact) mass is 235 g/mol. The van der Waals surface area contributed by atoms with Gasteiger partial charge in [-0.05, 0) is 31.9 Å². The van der Waals surface area contributed by atoms with Gasteiger partial charge in [0, 0.05) is 11.6 Å². The van der Waals surface area contributed by atoms with Gasteiger partial charge >= 0.3 is 0 Å². The SMILES string of the molecule is CCOc1c(OC)cccc1[C@@H]1C[C@H](C)CN1. The first kappa shape index (κ1) is 12.2. The first-order chi connectivity index (χ1) is 8.26. The van der Waals surface area contributed by atoms with Crippen LogP contribution < -0.4 is 14.8 Å². The third-order valence-electron chi connectivity index (χ3n) is 3.24. The molecule has 0 aliphatic carbocycles. The fraction of sp³-hybridized carbons (Fsp3) is 0.571. The molecule has 1 aromatic rings. The first-order valence-corrected chi connectivity index (χ1v) is 6.29. The molecule has 2 atom stereocenters. The third-order valence-corrected chi connectivity index (χ3v) is 3.24. The molecular formula is C14H21NO2. The molecule has 1 N–H and O–H groups in total.